The lowest BCUT2D eigenvalue weighted by Gasteiger charge is -2.14. The third-order valence-corrected chi connectivity index (χ3v) is 5.71. The molecule has 2 aromatic rings. The van der Waals surface area contributed by atoms with Gasteiger partial charge in [0.25, 0.3) is 0 Å². The fourth-order valence-corrected chi connectivity index (χ4v) is 4.61. The lowest BCUT2D eigenvalue weighted by molar-refractivity contribution is -0.709. The number of nitrogens with two attached hydrogens (primary N) is 2. The second kappa shape index (κ2) is 13.2. The molecule has 0 saturated heterocycles. The summed E-state index contributed by atoms with van der Waals surface area (Å²) in [6.45, 7) is 17.7. The van der Waals surface area contributed by atoms with Crippen LogP contribution in [0.25, 0.3) is 10.8 Å². The van der Waals surface area contributed by atoms with E-state index in [1.54, 1.807) is 0 Å². The summed E-state index contributed by atoms with van der Waals surface area (Å²) in [7, 11) is -9.48. The first-order valence-corrected chi connectivity index (χ1v) is 13.4. The largest absolute Gasteiger partial charge is 0.744 e. The minimum Gasteiger partial charge on any atom is -0.744 e. The lowest BCUT2D eigenvalue weighted by atomic mass is 10.1. The van der Waals surface area contributed by atoms with E-state index in [2.05, 4.69) is 66.0 Å². The van der Waals surface area contributed by atoms with Gasteiger partial charge in [-0.15, -0.1) is 0 Å². The molecule has 10 heteroatoms. The van der Waals surface area contributed by atoms with Crippen LogP contribution in [-0.2, 0) is 20.2 Å². The molecule has 0 atom stereocenters. The summed E-state index contributed by atoms with van der Waals surface area (Å²) in [5.41, 5.74) is 0. The molecule has 0 unspecified atom stereocenters. The third kappa shape index (κ3) is 11.9. The first kappa shape index (κ1) is 30.4. The van der Waals surface area contributed by atoms with Gasteiger partial charge in [0.2, 0.25) is 0 Å². The molecule has 2 rings (SSSR count). The topological polar surface area (TPSA) is 148 Å². The van der Waals surface area contributed by atoms with Crippen LogP contribution in [-0.4, -0.2) is 50.1 Å². The summed E-state index contributed by atoms with van der Waals surface area (Å²) in [6.07, 6.45) is 0. The number of quaternary nitrogens is 2. The van der Waals surface area contributed by atoms with Crippen molar-refractivity contribution in [3.05, 3.63) is 36.4 Å². The predicted octanol–water partition coefficient (Wildman–Crippen LogP) is 1.38. The van der Waals surface area contributed by atoms with Gasteiger partial charge in [-0.05, 0) is 67.5 Å². The monoisotopic (exact) mass is 490 g/mol. The van der Waals surface area contributed by atoms with E-state index in [0.717, 1.165) is 36.3 Å². The molecule has 0 aliphatic heterocycles. The zero-order valence-corrected chi connectivity index (χ0v) is 21.8. The zero-order chi connectivity index (χ0) is 25.3. The van der Waals surface area contributed by atoms with Gasteiger partial charge in [0, 0.05) is 10.8 Å². The smallest absolute Gasteiger partial charge is 0.125 e. The van der Waals surface area contributed by atoms with Crippen molar-refractivity contribution in [2.75, 3.05) is 0 Å². The Morgan fingerprint density at radius 2 is 0.812 bits per heavy atom. The molecule has 4 N–H and O–H groups in total. The summed E-state index contributed by atoms with van der Waals surface area (Å²) >= 11 is 0. The highest BCUT2D eigenvalue weighted by Crippen LogP contribution is 2.27. The Bertz CT molecular complexity index is 950. The van der Waals surface area contributed by atoms with Gasteiger partial charge < -0.3 is 19.7 Å². The second-order valence-corrected chi connectivity index (χ2v) is 11.6. The first-order valence-electron chi connectivity index (χ1n) is 10.6. The number of fused-ring (bicyclic) bond motifs is 1. The molecule has 0 aliphatic rings. The fourth-order valence-electron chi connectivity index (χ4n) is 3.23. The maximum absolute atomic E-state index is 11.0. The summed E-state index contributed by atoms with van der Waals surface area (Å²) in [5, 5.41) is 4.51. The van der Waals surface area contributed by atoms with E-state index in [9.17, 15) is 25.9 Å². The Morgan fingerprint density at radius 3 is 0.969 bits per heavy atom. The van der Waals surface area contributed by atoms with E-state index in [4.69, 9.17) is 0 Å². The van der Waals surface area contributed by atoms with Crippen LogP contribution >= 0.6 is 0 Å². The molecule has 0 fully saturated rings. The van der Waals surface area contributed by atoms with Crippen LogP contribution in [0.1, 0.15) is 55.4 Å². The van der Waals surface area contributed by atoms with Gasteiger partial charge >= 0.3 is 0 Å². The fraction of sp³-hybridized carbons (Fsp3) is 0.545. The number of rotatable bonds is 6. The van der Waals surface area contributed by atoms with Gasteiger partial charge in [-0.2, -0.15) is 0 Å². The van der Waals surface area contributed by atoms with Crippen molar-refractivity contribution < 1.29 is 36.6 Å². The van der Waals surface area contributed by atoms with Crippen molar-refractivity contribution in [1.82, 2.24) is 0 Å². The van der Waals surface area contributed by atoms with Gasteiger partial charge in [-0.1, -0.05) is 24.3 Å². The van der Waals surface area contributed by atoms with Crippen LogP contribution in [0.4, 0.5) is 0 Å². The van der Waals surface area contributed by atoms with E-state index in [1.165, 1.54) is 24.3 Å². The number of hydrogen-bond acceptors (Lipinski definition) is 6. The van der Waals surface area contributed by atoms with Crippen LogP contribution in [0.5, 0.6) is 0 Å². The maximum atomic E-state index is 11.0. The molecule has 0 heterocycles. The first-order chi connectivity index (χ1) is 14.5. The highest BCUT2D eigenvalue weighted by molar-refractivity contribution is 7.86. The number of hydrogen-bond donors (Lipinski definition) is 2. The minimum absolute atomic E-state index is 0.0792. The minimum atomic E-state index is -4.74. The van der Waals surface area contributed by atoms with Crippen LogP contribution < -0.4 is 10.6 Å². The lowest BCUT2D eigenvalue weighted by Crippen LogP contribution is -2.92. The Kier molecular flexibility index (Phi) is 12.6. The number of benzene rings is 2. The molecule has 8 nitrogen and oxygen atoms in total. The Hall–Kier alpha value is -1.56. The van der Waals surface area contributed by atoms with Crippen molar-refractivity contribution in [3.63, 3.8) is 0 Å². The third-order valence-electron chi connectivity index (χ3n) is 3.92. The van der Waals surface area contributed by atoms with Gasteiger partial charge in [0.05, 0.1) is 34.0 Å². The Balaban J connectivity index is 0.000000570. The highest BCUT2D eigenvalue weighted by atomic mass is 32.2. The molecule has 0 bridgehead atoms. The summed E-state index contributed by atoms with van der Waals surface area (Å²) < 4.78 is 66.1. The molecule has 0 amide bonds. The molecular weight excluding hydrogens is 452 g/mol. The van der Waals surface area contributed by atoms with Gasteiger partial charge in [0.1, 0.15) is 20.2 Å². The van der Waals surface area contributed by atoms with Crippen molar-refractivity contribution in [3.8, 4) is 0 Å². The molecule has 0 aromatic heterocycles. The van der Waals surface area contributed by atoms with Crippen molar-refractivity contribution in [1.29, 1.82) is 0 Å². The van der Waals surface area contributed by atoms with E-state index in [-0.39, 0.29) is 10.8 Å². The van der Waals surface area contributed by atoms with Gasteiger partial charge in [-0.3, -0.25) is 0 Å². The van der Waals surface area contributed by atoms with E-state index in [1.807, 2.05) is 0 Å². The van der Waals surface area contributed by atoms with E-state index < -0.39 is 30.0 Å². The predicted molar refractivity (Wildman–Crippen MR) is 124 cm³/mol. The molecule has 184 valence electrons. The van der Waals surface area contributed by atoms with Crippen molar-refractivity contribution in [2.45, 2.75) is 89.3 Å². The standard InChI is InChI=1S/C10H8O6S2.2C6H15N/c11-17(12,13)9-5-1-3-7-8(9)4-2-6-10(7)18(14,15)16;2*1-5(2)7-6(3)4/h1-6H,(H,11,12,13)(H,14,15,16);2*5-7H,1-4H3. The van der Waals surface area contributed by atoms with E-state index in [0.29, 0.717) is 0 Å². The van der Waals surface area contributed by atoms with Gasteiger partial charge in [-0.25, -0.2) is 16.8 Å². The second-order valence-electron chi connectivity index (χ2n) is 8.88. The zero-order valence-electron chi connectivity index (χ0n) is 20.2. The van der Waals surface area contributed by atoms with Crippen LogP contribution in [0.2, 0.25) is 0 Å². The molecule has 0 saturated carbocycles. The Morgan fingerprint density at radius 1 is 0.562 bits per heavy atom. The summed E-state index contributed by atoms with van der Waals surface area (Å²) in [6, 6.07) is 10.1. The maximum Gasteiger partial charge on any atom is 0.125 e. The van der Waals surface area contributed by atoms with E-state index >= 15 is 0 Å². The quantitative estimate of drug-likeness (QED) is 0.585. The normalized spacial score (nSPS) is 12.1. The molecule has 0 spiro atoms. The Labute approximate surface area is 193 Å². The van der Waals surface area contributed by atoms with Gasteiger partial charge in [0.15, 0.2) is 0 Å². The molecule has 2 aromatic carbocycles. The molecule has 32 heavy (non-hydrogen) atoms. The highest BCUT2D eigenvalue weighted by Gasteiger charge is 2.12. The van der Waals surface area contributed by atoms with Crippen LogP contribution in [0.3, 0.4) is 0 Å². The average Bonchev–Trinajstić information content (AvgIpc) is 2.57. The summed E-state index contributed by atoms with van der Waals surface area (Å²) in [4.78, 5) is -1.10. The molecule has 0 aliphatic carbocycles. The van der Waals surface area contributed by atoms with Crippen LogP contribution in [0, 0.1) is 0 Å². The average molecular weight is 491 g/mol. The summed E-state index contributed by atoms with van der Waals surface area (Å²) in [5.74, 6) is 0. The van der Waals surface area contributed by atoms with Crippen molar-refractivity contribution >= 4 is 31.0 Å². The molecular formula is C22H38N2O6S2. The van der Waals surface area contributed by atoms with Crippen LogP contribution in [0.15, 0.2) is 46.2 Å². The van der Waals surface area contributed by atoms with Crippen molar-refractivity contribution in [2.24, 2.45) is 0 Å². The molecule has 0 radical (unpaired) electrons. The SMILES string of the molecule is CC(C)[NH2+]C(C)C.CC(C)[NH2+]C(C)C.O=S(=O)([O-])c1cccc2c(S(=O)(=O)[O-])cccc12.